The second-order valence-corrected chi connectivity index (χ2v) is 4.79. The lowest BCUT2D eigenvalue weighted by Gasteiger charge is -2.01. The third kappa shape index (κ3) is 2.45. The standard InChI is InChI=1S/C9H12N4S2/c1-2-6-3-4-14-7(6)5-11-9-12-8(10)13-15-9/h3-4H,2,5H2,1H3,(H3,10,11,12,13). The number of nitrogens with two attached hydrogens (primary N) is 1. The zero-order valence-corrected chi connectivity index (χ0v) is 9.99. The lowest BCUT2D eigenvalue weighted by Crippen LogP contribution is -1.99. The summed E-state index contributed by atoms with van der Waals surface area (Å²) in [5.41, 5.74) is 6.83. The number of aryl methyl sites for hydroxylation is 1. The predicted octanol–water partition coefficient (Wildman–Crippen LogP) is 2.36. The molecule has 80 valence electrons. The van der Waals surface area contributed by atoms with Crippen LogP contribution in [0, 0.1) is 0 Å². The summed E-state index contributed by atoms with van der Waals surface area (Å²) >= 11 is 3.06. The lowest BCUT2D eigenvalue weighted by atomic mass is 10.2. The van der Waals surface area contributed by atoms with Gasteiger partial charge in [0.25, 0.3) is 0 Å². The van der Waals surface area contributed by atoms with Crippen molar-refractivity contribution in [1.29, 1.82) is 0 Å². The predicted molar refractivity (Wildman–Crippen MR) is 65.3 cm³/mol. The lowest BCUT2D eigenvalue weighted by molar-refractivity contribution is 1.08. The largest absolute Gasteiger partial charge is 0.367 e. The molecule has 2 rings (SSSR count). The summed E-state index contributed by atoms with van der Waals surface area (Å²) in [6.07, 6.45) is 1.07. The molecule has 0 aliphatic rings. The summed E-state index contributed by atoms with van der Waals surface area (Å²) in [5, 5.41) is 6.11. The Morgan fingerprint density at radius 1 is 1.53 bits per heavy atom. The maximum absolute atomic E-state index is 5.43. The van der Waals surface area contributed by atoms with E-state index in [1.54, 1.807) is 11.3 Å². The van der Waals surface area contributed by atoms with E-state index >= 15 is 0 Å². The van der Waals surface area contributed by atoms with Crippen LogP contribution in [0.3, 0.4) is 0 Å². The highest BCUT2D eigenvalue weighted by molar-refractivity contribution is 7.10. The smallest absolute Gasteiger partial charge is 0.233 e. The van der Waals surface area contributed by atoms with Crippen LogP contribution in [0.2, 0.25) is 0 Å². The van der Waals surface area contributed by atoms with Crippen molar-refractivity contribution in [3.05, 3.63) is 21.9 Å². The topological polar surface area (TPSA) is 63.8 Å². The molecule has 0 fully saturated rings. The summed E-state index contributed by atoms with van der Waals surface area (Å²) in [6, 6.07) is 2.16. The van der Waals surface area contributed by atoms with Gasteiger partial charge in [-0.2, -0.15) is 9.36 Å². The van der Waals surface area contributed by atoms with E-state index in [1.165, 1.54) is 22.0 Å². The van der Waals surface area contributed by atoms with Gasteiger partial charge in [0.1, 0.15) is 0 Å². The summed E-state index contributed by atoms with van der Waals surface area (Å²) in [7, 11) is 0. The Morgan fingerprint density at radius 2 is 2.40 bits per heavy atom. The summed E-state index contributed by atoms with van der Waals surface area (Å²) in [6.45, 7) is 2.96. The van der Waals surface area contributed by atoms with Gasteiger partial charge in [-0.3, -0.25) is 0 Å². The van der Waals surface area contributed by atoms with Gasteiger partial charge in [-0.25, -0.2) is 0 Å². The van der Waals surface area contributed by atoms with Crippen molar-refractivity contribution in [1.82, 2.24) is 9.36 Å². The van der Waals surface area contributed by atoms with Crippen LogP contribution in [-0.2, 0) is 13.0 Å². The van der Waals surface area contributed by atoms with Gasteiger partial charge in [-0.05, 0) is 23.4 Å². The number of rotatable bonds is 4. The van der Waals surface area contributed by atoms with Crippen molar-refractivity contribution in [2.45, 2.75) is 19.9 Å². The van der Waals surface area contributed by atoms with Crippen LogP contribution in [-0.4, -0.2) is 9.36 Å². The molecule has 2 aromatic heterocycles. The fourth-order valence-corrected chi connectivity index (χ4v) is 2.71. The first-order chi connectivity index (χ1) is 7.29. The van der Waals surface area contributed by atoms with Crippen LogP contribution in [0.5, 0.6) is 0 Å². The average Bonchev–Trinajstić information content (AvgIpc) is 2.83. The maximum atomic E-state index is 5.43. The Hall–Kier alpha value is -1.14. The van der Waals surface area contributed by atoms with Gasteiger partial charge in [0.15, 0.2) is 0 Å². The van der Waals surface area contributed by atoms with E-state index in [0.717, 1.165) is 18.1 Å². The summed E-state index contributed by atoms with van der Waals surface area (Å²) in [4.78, 5) is 5.40. The van der Waals surface area contributed by atoms with E-state index in [0.29, 0.717) is 5.95 Å². The van der Waals surface area contributed by atoms with Crippen LogP contribution < -0.4 is 11.1 Å². The number of nitrogen functional groups attached to an aromatic ring is 1. The first-order valence-electron chi connectivity index (χ1n) is 4.68. The minimum atomic E-state index is 0.337. The summed E-state index contributed by atoms with van der Waals surface area (Å²) in [5.74, 6) is 0.337. The van der Waals surface area contributed by atoms with Crippen LogP contribution in [0.1, 0.15) is 17.4 Å². The second-order valence-electron chi connectivity index (χ2n) is 3.03. The second kappa shape index (κ2) is 4.59. The fraction of sp³-hybridized carbons (Fsp3) is 0.333. The van der Waals surface area contributed by atoms with Crippen molar-refractivity contribution in [2.75, 3.05) is 11.1 Å². The highest BCUT2D eigenvalue weighted by atomic mass is 32.1. The van der Waals surface area contributed by atoms with E-state index in [-0.39, 0.29) is 0 Å². The molecule has 3 N–H and O–H groups in total. The minimum Gasteiger partial charge on any atom is -0.367 e. The van der Waals surface area contributed by atoms with E-state index in [4.69, 9.17) is 5.73 Å². The first kappa shape index (κ1) is 10.4. The highest BCUT2D eigenvalue weighted by Crippen LogP contribution is 2.20. The fourth-order valence-electron chi connectivity index (χ4n) is 1.30. The van der Waals surface area contributed by atoms with Crippen molar-refractivity contribution < 1.29 is 0 Å². The molecule has 0 saturated carbocycles. The molecule has 0 aliphatic heterocycles. The van der Waals surface area contributed by atoms with Gasteiger partial charge in [-0.1, -0.05) is 6.92 Å². The molecule has 0 radical (unpaired) electrons. The number of nitrogens with zero attached hydrogens (tertiary/aromatic N) is 2. The minimum absolute atomic E-state index is 0.337. The SMILES string of the molecule is CCc1ccsc1CNc1nc(N)ns1. The van der Waals surface area contributed by atoms with Gasteiger partial charge in [0, 0.05) is 16.4 Å². The zero-order chi connectivity index (χ0) is 10.7. The molecule has 4 nitrogen and oxygen atoms in total. The molecule has 0 spiro atoms. The van der Waals surface area contributed by atoms with Gasteiger partial charge < -0.3 is 11.1 Å². The van der Waals surface area contributed by atoms with Crippen LogP contribution in [0.25, 0.3) is 0 Å². The Kier molecular flexibility index (Phi) is 3.17. The van der Waals surface area contributed by atoms with Crippen LogP contribution in [0.4, 0.5) is 11.1 Å². The molecule has 0 saturated heterocycles. The molecular formula is C9H12N4S2. The average molecular weight is 240 g/mol. The quantitative estimate of drug-likeness (QED) is 0.861. The summed E-state index contributed by atoms with van der Waals surface area (Å²) < 4.78 is 3.91. The normalized spacial score (nSPS) is 10.5. The van der Waals surface area contributed by atoms with Gasteiger partial charge in [-0.15, -0.1) is 11.3 Å². The number of hydrogen-bond acceptors (Lipinski definition) is 6. The number of thiophene rings is 1. The zero-order valence-electron chi connectivity index (χ0n) is 8.36. The van der Waals surface area contributed by atoms with E-state index in [1.807, 2.05) is 0 Å². The molecule has 0 aromatic carbocycles. The Morgan fingerprint density at radius 3 is 3.07 bits per heavy atom. The van der Waals surface area contributed by atoms with Crippen LogP contribution >= 0.6 is 22.9 Å². The third-order valence-corrected chi connectivity index (χ3v) is 3.71. The molecule has 0 bridgehead atoms. The molecule has 6 heteroatoms. The van der Waals surface area contributed by atoms with Gasteiger partial charge >= 0.3 is 0 Å². The number of hydrogen-bond donors (Lipinski definition) is 2. The van der Waals surface area contributed by atoms with Crippen molar-refractivity contribution >= 4 is 33.9 Å². The van der Waals surface area contributed by atoms with E-state index in [9.17, 15) is 0 Å². The molecule has 0 aliphatic carbocycles. The molecule has 2 aromatic rings. The van der Waals surface area contributed by atoms with E-state index < -0.39 is 0 Å². The molecule has 2 heterocycles. The monoisotopic (exact) mass is 240 g/mol. The maximum Gasteiger partial charge on any atom is 0.233 e. The molecular weight excluding hydrogens is 228 g/mol. The Bertz CT molecular complexity index is 435. The number of anilines is 2. The van der Waals surface area contributed by atoms with Gasteiger partial charge in [0.05, 0.1) is 6.54 Å². The first-order valence-corrected chi connectivity index (χ1v) is 6.33. The van der Waals surface area contributed by atoms with Crippen molar-refractivity contribution in [2.24, 2.45) is 0 Å². The molecule has 0 amide bonds. The molecule has 0 unspecified atom stereocenters. The molecule has 15 heavy (non-hydrogen) atoms. The van der Waals surface area contributed by atoms with Crippen LogP contribution in [0.15, 0.2) is 11.4 Å². The number of nitrogens with one attached hydrogen (secondary N) is 1. The molecule has 0 atom stereocenters. The Labute approximate surface area is 96.3 Å². The van der Waals surface area contributed by atoms with Crippen molar-refractivity contribution in [3.63, 3.8) is 0 Å². The van der Waals surface area contributed by atoms with Crippen molar-refractivity contribution in [3.8, 4) is 0 Å². The van der Waals surface area contributed by atoms with E-state index in [2.05, 4.69) is 33.0 Å². The number of aromatic nitrogens is 2. The highest BCUT2D eigenvalue weighted by Gasteiger charge is 2.04. The Balaban J connectivity index is 1.98. The third-order valence-electron chi connectivity index (χ3n) is 2.06. The van der Waals surface area contributed by atoms with Gasteiger partial charge in [0.2, 0.25) is 11.1 Å².